The van der Waals surface area contributed by atoms with Crippen LogP contribution in [0.25, 0.3) is 0 Å². The van der Waals surface area contributed by atoms with Crippen LogP contribution in [0.3, 0.4) is 0 Å². The summed E-state index contributed by atoms with van der Waals surface area (Å²) in [7, 11) is 0. The summed E-state index contributed by atoms with van der Waals surface area (Å²) in [4.78, 5) is 15.0. The minimum atomic E-state index is -0.979. The topological polar surface area (TPSA) is 70.0 Å². The van der Waals surface area contributed by atoms with E-state index in [9.17, 15) is 15.0 Å². The quantitative estimate of drug-likeness (QED) is 0.469. The molecule has 5 nitrogen and oxygen atoms in total. The van der Waals surface area contributed by atoms with Crippen LogP contribution in [-0.2, 0) is 10.3 Å². The van der Waals surface area contributed by atoms with Gasteiger partial charge in [-0.2, -0.15) is 0 Å². The number of benzene rings is 2. The van der Waals surface area contributed by atoms with Crippen molar-refractivity contribution in [3.8, 4) is 0 Å². The fourth-order valence-electron chi connectivity index (χ4n) is 4.54. The summed E-state index contributed by atoms with van der Waals surface area (Å²) in [6.07, 6.45) is 2.63. The lowest BCUT2D eigenvalue weighted by molar-refractivity contribution is -0.101. The van der Waals surface area contributed by atoms with Crippen LogP contribution in [0.1, 0.15) is 84.0 Å². The predicted molar refractivity (Wildman–Crippen MR) is 135 cm³/mol. The third-order valence-corrected chi connectivity index (χ3v) is 7.28. The highest BCUT2D eigenvalue weighted by molar-refractivity contribution is 5.70. The fourth-order valence-corrected chi connectivity index (χ4v) is 4.54. The first-order chi connectivity index (χ1) is 15.6. The van der Waals surface area contributed by atoms with E-state index in [1.54, 1.807) is 18.7 Å². The largest absolute Gasteiger partial charge is 0.438 e. The fraction of sp³-hybridized carbons (Fsp3) is 0.517. The maximum atomic E-state index is 13.2. The van der Waals surface area contributed by atoms with Gasteiger partial charge in [0.25, 0.3) is 0 Å². The van der Waals surface area contributed by atoms with Crippen molar-refractivity contribution < 1.29 is 19.7 Å². The minimum Gasteiger partial charge on any atom is -0.438 e. The normalized spacial score (nSPS) is 20.6. The Morgan fingerprint density at radius 2 is 1.59 bits per heavy atom. The Labute approximate surface area is 204 Å². The Morgan fingerprint density at radius 1 is 1.00 bits per heavy atom. The predicted octanol–water partition coefficient (Wildman–Crippen LogP) is 6.00. The lowest BCUT2D eigenvalue weighted by Crippen LogP contribution is -2.51. The number of amides is 1. The molecule has 0 radical (unpaired) electrons. The third kappa shape index (κ3) is 5.76. The van der Waals surface area contributed by atoms with Gasteiger partial charge in [0.05, 0.1) is 22.7 Å². The van der Waals surface area contributed by atoms with Crippen LogP contribution in [0.5, 0.6) is 0 Å². The van der Waals surface area contributed by atoms with E-state index >= 15 is 0 Å². The molecule has 0 aliphatic carbocycles. The van der Waals surface area contributed by atoms with E-state index in [1.807, 2.05) is 89.2 Å². The van der Waals surface area contributed by atoms with E-state index in [0.717, 1.165) is 16.7 Å². The van der Waals surface area contributed by atoms with Crippen LogP contribution in [0.2, 0.25) is 0 Å². The number of aliphatic hydroxyl groups is 2. The van der Waals surface area contributed by atoms with Crippen LogP contribution >= 0.6 is 0 Å². The second-order valence-corrected chi connectivity index (χ2v) is 11.4. The summed E-state index contributed by atoms with van der Waals surface area (Å²) in [6.45, 7) is 13.7. The van der Waals surface area contributed by atoms with Gasteiger partial charge in [0.2, 0.25) is 0 Å². The van der Waals surface area contributed by atoms with E-state index in [1.165, 1.54) is 0 Å². The molecule has 34 heavy (non-hydrogen) atoms. The van der Waals surface area contributed by atoms with Crippen molar-refractivity contribution in [1.82, 2.24) is 4.90 Å². The van der Waals surface area contributed by atoms with Gasteiger partial charge in [-0.1, -0.05) is 30.3 Å². The van der Waals surface area contributed by atoms with E-state index in [-0.39, 0.29) is 12.1 Å². The van der Waals surface area contributed by atoms with Gasteiger partial charge < -0.3 is 19.8 Å². The molecule has 2 aromatic rings. The van der Waals surface area contributed by atoms with Gasteiger partial charge in [-0.15, -0.1) is 0 Å². The number of nitrogens with zero attached hydrogens (tertiary/aromatic N) is 1. The summed E-state index contributed by atoms with van der Waals surface area (Å²) in [5.74, 6) is 0. The summed E-state index contributed by atoms with van der Waals surface area (Å²) >= 11 is 0. The third-order valence-electron chi connectivity index (χ3n) is 7.28. The molecular formula is C29H40NO4+. The van der Waals surface area contributed by atoms with Crippen molar-refractivity contribution >= 4 is 6.09 Å². The van der Waals surface area contributed by atoms with Crippen molar-refractivity contribution in [3.05, 3.63) is 77.7 Å². The molecule has 1 fully saturated rings. The van der Waals surface area contributed by atoms with E-state index in [0.29, 0.717) is 19.4 Å². The Kier molecular flexibility index (Phi) is 7.12. The van der Waals surface area contributed by atoms with Gasteiger partial charge in [0.1, 0.15) is 11.2 Å². The molecule has 2 aromatic carbocycles. The molecule has 5 heteroatoms. The number of hydrogen-bond donors (Lipinski definition) is 2. The molecule has 0 bridgehead atoms. The molecule has 2 N–H and O–H groups in total. The summed E-state index contributed by atoms with van der Waals surface area (Å²) in [5.41, 5.74) is -0.112. The van der Waals surface area contributed by atoms with Crippen LogP contribution in [0.4, 0.5) is 4.79 Å². The molecule has 2 atom stereocenters. The van der Waals surface area contributed by atoms with Crippen molar-refractivity contribution in [2.75, 3.05) is 6.54 Å². The Balaban J connectivity index is 1.76. The molecule has 1 aliphatic heterocycles. The molecule has 184 valence electrons. The molecular weight excluding hydrogens is 426 g/mol. The summed E-state index contributed by atoms with van der Waals surface area (Å²) < 4.78 is 6.11. The average Bonchev–Trinajstić information content (AvgIpc) is 2.72. The molecule has 2 unspecified atom stereocenters. The van der Waals surface area contributed by atoms with Crippen molar-refractivity contribution in [3.63, 3.8) is 0 Å². The van der Waals surface area contributed by atoms with E-state index in [2.05, 4.69) is 6.42 Å². The first-order valence-electron chi connectivity index (χ1n) is 12.1. The Bertz CT molecular complexity index is 970. The zero-order valence-electron chi connectivity index (χ0n) is 21.6. The highest BCUT2D eigenvalue weighted by Crippen LogP contribution is 2.42. The number of ether oxygens (including phenoxy) is 1. The maximum Gasteiger partial charge on any atom is 0.411 e. The van der Waals surface area contributed by atoms with Crippen molar-refractivity contribution in [2.45, 2.75) is 84.2 Å². The second kappa shape index (κ2) is 9.27. The molecule has 0 spiro atoms. The van der Waals surface area contributed by atoms with E-state index < -0.39 is 22.2 Å². The lowest BCUT2D eigenvalue weighted by atomic mass is 9.73. The zero-order chi connectivity index (χ0) is 25.4. The lowest BCUT2D eigenvalue weighted by Gasteiger charge is -2.45. The van der Waals surface area contributed by atoms with Gasteiger partial charge in [0.15, 0.2) is 0 Å². The average molecular weight is 467 g/mol. The van der Waals surface area contributed by atoms with Gasteiger partial charge >= 0.3 is 6.09 Å². The first kappa shape index (κ1) is 26.1. The molecule has 3 rings (SSSR count). The minimum absolute atomic E-state index is 0.153. The van der Waals surface area contributed by atoms with Crippen LogP contribution in [-0.4, -0.2) is 39.0 Å². The second-order valence-electron chi connectivity index (χ2n) is 11.4. The number of cyclic esters (lactones) is 1. The van der Waals surface area contributed by atoms with Gasteiger partial charge in [0, 0.05) is 55.6 Å². The van der Waals surface area contributed by atoms with Gasteiger partial charge in [-0.3, -0.25) is 0 Å². The maximum absolute atomic E-state index is 13.2. The molecule has 1 saturated heterocycles. The van der Waals surface area contributed by atoms with Gasteiger partial charge in [-0.05, 0) is 54.0 Å². The number of rotatable bonds is 8. The molecule has 1 aliphatic rings. The molecule has 0 saturated carbocycles. The zero-order valence-corrected chi connectivity index (χ0v) is 21.6. The monoisotopic (exact) mass is 466 g/mol. The first-order valence-corrected chi connectivity index (χ1v) is 12.1. The van der Waals surface area contributed by atoms with Crippen molar-refractivity contribution in [2.24, 2.45) is 5.41 Å². The molecule has 0 aromatic heterocycles. The van der Waals surface area contributed by atoms with Crippen LogP contribution < -0.4 is 0 Å². The highest BCUT2D eigenvalue weighted by atomic mass is 16.6. The highest BCUT2D eigenvalue weighted by Gasteiger charge is 2.46. The van der Waals surface area contributed by atoms with Crippen LogP contribution in [0, 0.1) is 11.8 Å². The number of carbonyl (C=O) groups excluding carboxylic acids is 1. The standard InChI is InChI=1S/C29H40NO4/c1-21(23-15-13-22(14-16-23)19-26(2,3)28(6,7)33)30-18-17-29(34-25(30)31,20-27(4,5)32)24-11-9-8-10-12-24/h8-16,19,21,32-33H,17-18,20H2,1-7H3/q+1. The van der Waals surface area contributed by atoms with Crippen molar-refractivity contribution in [1.29, 1.82) is 0 Å². The molecule has 1 heterocycles. The van der Waals surface area contributed by atoms with Crippen LogP contribution in [0.15, 0.2) is 54.6 Å². The van der Waals surface area contributed by atoms with Gasteiger partial charge in [-0.25, -0.2) is 4.79 Å². The SMILES string of the molecule is CC(c1ccc([CH+]C(C)(C)C(C)(C)O)cc1)N1CCC(CC(C)(C)O)(c2ccccc2)OC1=O. The molecule has 1 amide bonds. The Hall–Kier alpha value is -2.50. The Morgan fingerprint density at radius 3 is 2.09 bits per heavy atom. The van der Waals surface area contributed by atoms with E-state index in [4.69, 9.17) is 4.74 Å². The summed E-state index contributed by atoms with van der Waals surface area (Å²) in [6, 6.07) is 17.7. The number of hydrogen-bond acceptors (Lipinski definition) is 4. The smallest absolute Gasteiger partial charge is 0.411 e. The number of carbonyl (C=O) groups is 1. The summed E-state index contributed by atoms with van der Waals surface area (Å²) in [5, 5.41) is 21.0.